The Morgan fingerprint density at radius 1 is 1.17 bits per heavy atom. The summed E-state index contributed by atoms with van der Waals surface area (Å²) in [6, 6.07) is 0.744. The SMILES string of the molecule is CC(C)CC(=O)N1CCN(C2CCNCC2)CC1. The maximum atomic E-state index is 12.0. The van der Waals surface area contributed by atoms with Gasteiger partial charge in [-0.25, -0.2) is 0 Å². The summed E-state index contributed by atoms with van der Waals surface area (Å²) in [5.41, 5.74) is 0. The molecule has 0 bridgehead atoms. The molecule has 4 heteroatoms. The van der Waals surface area contributed by atoms with Crippen LogP contribution in [0, 0.1) is 5.92 Å². The van der Waals surface area contributed by atoms with Gasteiger partial charge in [-0.05, 0) is 31.8 Å². The van der Waals surface area contributed by atoms with Crippen LogP contribution in [0.4, 0.5) is 0 Å². The Labute approximate surface area is 111 Å². The van der Waals surface area contributed by atoms with Gasteiger partial charge in [0.1, 0.15) is 0 Å². The normalized spacial score (nSPS) is 23.6. The molecule has 2 rings (SSSR count). The number of nitrogens with zero attached hydrogens (tertiary/aromatic N) is 2. The fourth-order valence-electron chi connectivity index (χ4n) is 2.99. The Hall–Kier alpha value is -0.610. The van der Waals surface area contributed by atoms with E-state index in [1.165, 1.54) is 12.8 Å². The molecule has 1 N–H and O–H groups in total. The van der Waals surface area contributed by atoms with Crippen molar-refractivity contribution >= 4 is 5.91 Å². The van der Waals surface area contributed by atoms with Crippen LogP contribution in [0.2, 0.25) is 0 Å². The first-order valence-electron chi connectivity index (χ1n) is 7.39. The van der Waals surface area contributed by atoms with Crippen LogP contribution in [-0.4, -0.2) is 61.0 Å². The van der Waals surface area contributed by atoms with E-state index in [0.29, 0.717) is 18.2 Å². The number of rotatable bonds is 3. The Morgan fingerprint density at radius 3 is 2.33 bits per heavy atom. The minimum atomic E-state index is 0.343. The van der Waals surface area contributed by atoms with Gasteiger partial charge in [0.25, 0.3) is 0 Å². The average molecular weight is 253 g/mol. The van der Waals surface area contributed by atoms with E-state index in [1.54, 1.807) is 0 Å². The smallest absolute Gasteiger partial charge is 0.222 e. The second-order valence-electron chi connectivity index (χ2n) is 6.00. The highest BCUT2D eigenvalue weighted by Gasteiger charge is 2.26. The van der Waals surface area contributed by atoms with Crippen LogP contribution >= 0.6 is 0 Å². The molecule has 2 aliphatic heterocycles. The Kier molecular flexibility index (Phi) is 5.01. The van der Waals surface area contributed by atoms with Crippen LogP contribution < -0.4 is 5.32 Å². The molecule has 2 aliphatic rings. The van der Waals surface area contributed by atoms with E-state index in [2.05, 4.69) is 29.0 Å². The van der Waals surface area contributed by atoms with Crippen molar-refractivity contribution < 1.29 is 4.79 Å². The molecule has 0 aromatic heterocycles. The van der Waals surface area contributed by atoms with Crippen LogP contribution in [-0.2, 0) is 4.79 Å². The Balaban J connectivity index is 1.75. The minimum absolute atomic E-state index is 0.343. The number of hydrogen-bond acceptors (Lipinski definition) is 3. The van der Waals surface area contributed by atoms with Gasteiger partial charge in [0.2, 0.25) is 5.91 Å². The predicted molar refractivity (Wildman–Crippen MR) is 73.5 cm³/mol. The average Bonchev–Trinajstić information content (AvgIpc) is 2.39. The van der Waals surface area contributed by atoms with Gasteiger partial charge in [-0.1, -0.05) is 13.8 Å². The first-order chi connectivity index (χ1) is 8.66. The highest BCUT2D eigenvalue weighted by molar-refractivity contribution is 5.76. The summed E-state index contributed by atoms with van der Waals surface area (Å²) in [7, 11) is 0. The van der Waals surface area contributed by atoms with Crippen molar-refractivity contribution in [2.45, 2.75) is 39.2 Å². The predicted octanol–water partition coefficient (Wildman–Crippen LogP) is 0.929. The van der Waals surface area contributed by atoms with Crippen LogP contribution in [0.25, 0.3) is 0 Å². The zero-order valence-corrected chi connectivity index (χ0v) is 11.8. The third kappa shape index (κ3) is 3.69. The van der Waals surface area contributed by atoms with E-state index in [4.69, 9.17) is 0 Å². The van der Waals surface area contributed by atoms with E-state index in [-0.39, 0.29) is 0 Å². The quantitative estimate of drug-likeness (QED) is 0.813. The zero-order chi connectivity index (χ0) is 13.0. The Morgan fingerprint density at radius 2 is 1.78 bits per heavy atom. The van der Waals surface area contributed by atoms with Crippen molar-refractivity contribution in [2.24, 2.45) is 5.92 Å². The van der Waals surface area contributed by atoms with Crippen LogP contribution in [0.1, 0.15) is 33.1 Å². The Bertz CT molecular complexity index is 266. The molecule has 0 aromatic carbocycles. The van der Waals surface area contributed by atoms with Gasteiger partial charge in [0.15, 0.2) is 0 Å². The molecule has 2 heterocycles. The number of nitrogens with one attached hydrogen (secondary N) is 1. The fraction of sp³-hybridized carbons (Fsp3) is 0.929. The molecular formula is C14H27N3O. The number of hydrogen-bond donors (Lipinski definition) is 1. The number of piperazine rings is 1. The van der Waals surface area contributed by atoms with E-state index >= 15 is 0 Å². The summed E-state index contributed by atoms with van der Waals surface area (Å²) in [5, 5.41) is 3.41. The second kappa shape index (κ2) is 6.53. The molecule has 0 atom stereocenters. The van der Waals surface area contributed by atoms with Crippen LogP contribution in [0.5, 0.6) is 0 Å². The summed E-state index contributed by atoms with van der Waals surface area (Å²) < 4.78 is 0. The van der Waals surface area contributed by atoms with Gasteiger partial charge in [-0.3, -0.25) is 9.69 Å². The molecule has 0 unspecified atom stereocenters. The highest BCUT2D eigenvalue weighted by Crippen LogP contribution is 2.15. The molecule has 2 fully saturated rings. The number of carbonyl (C=O) groups is 1. The van der Waals surface area contributed by atoms with Crippen LogP contribution in [0.3, 0.4) is 0 Å². The molecule has 1 amide bonds. The summed E-state index contributed by atoms with van der Waals surface area (Å²) in [6.45, 7) is 10.5. The van der Waals surface area contributed by atoms with Gasteiger partial charge in [0, 0.05) is 38.6 Å². The largest absolute Gasteiger partial charge is 0.340 e. The van der Waals surface area contributed by atoms with Crippen molar-refractivity contribution in [1.29, 1.82) is 0 Å². The van der Waals surface area contributed by atoms with E-state index in [9.17, 15) is 4.79 Å². The molecule has 0 aliphatic carbocycles. The van der Waals surface area contributed by atoms with Gasteiger partial charge in [-0.2, -0.15) is 0 Å². The molecule has 0 spiro atoms. The summed E-state index contributed by atoms with van der Waals surface area (Å²) in [5.74, 6) is 0.815. The monoisotopic (exact) mass is 253 g/mol. The minimum Gasteiger partial charge on any atom is -0.340 e. The fourth-order valence-corrected chi connectivity index (χ4v) is 2.99. The van der Waals surface area contributed by atoms with Crippen molar-refractivity contribution in [3.8, 4) is 0 Å². The lowest BCUT2D eigenvalue weighted by atomic mass is 10.0. The van der Waals surface area contributed by atoms with Crippen molar-refractivity contribution in [2.75, 3.05) is 39.3 Å². The molecular weight excluding hydrogens is 226 g/mol. The molecule has 0 saturated carbocycles. The first kappa shape index (κ1) is 13.8. The van der Waals surface area contributed by atoms with Crippen LogP contribution in [0.15, 0.2) is 0 Å². The molecule has 0 aromatic rings. The lowest BCUT2D eigenvalue weighted by Crippen LogP contribution is -2.54. The summed E-state index contributed by atoms with van der Waals surface area (Å²) in [6.07, 6.45) is 3.23. The van der Waals surface area contributed by atoms with Gasteiger partial charge < -0.3 is 10.2 Å². The zero-order valence-electron chi connectivity index (χ0n) is 11.8. The molecule has 0 radical (unpaired) electrons. The second-order valence-corrected chi connectivity index (χ2v) is 6.00. The highest BCUT2D eigenvalue weighted by atomic mass is 16.2. The third-order valence-corrected chi connectivity index (χ3v) is 4.07. The molecule has 4 nitrogen and oxygen atoms in total. The maximum absolute atomic E-state index is 12.0. The topological polar surface area (TPSA) is 35.6 Å². The lowest BCUT2D eigenvalue weighted by Gasteiger charge is -2.41. The maximum Gasteiger partial charge on any atom is 0.222 e. The van der Waals surface area contributed by atoms with E-state index in [0.717, 1.165) is 45.3 Å². The molecule has 104 valence electrons. The number of carbonyl (C=O) groups excluding carboxylic acids is 1. The summed E-state index contributed by atoms with van der Waals surface area (Å²) >= 11 is 0. The van der Waals surface area contributed by atoms with Gasteiger partial charge in [-0.15, -0.1) is 0 Å². The van der Waals surface area contributed by atoms with Gasteiger partial charge >= 0.3 is 0 Å². The van der Waals surface area contributed by atoms with E-state index in [1.807, 2.05) is 0 Å². The molecule has 18 heavy (non-hydrogen) atoms. The van der Waals surface area contributed by atoms with E-state index < -0.39 is 0 Å². The number of amides is 1. The van der Waals surface area contributed by atoms with Crippen molar-refractivity contribution in [3.05, 3.63) is 0 Å². The van der Waals surface area contributed by atoms with Crippen molar-refractivity contribution in [3.63, 3.8) is 0 Å². The molecule has 2 saturated heterocycles. The first-order valence-corrected chi connectivity index (χ1v) is 7.39. The summed E-state index contributed by atoms with van der Waals surface area (Å²) in [4.78, 5) is 16.6. The lowest BCUT2D eigenvalue weighted by molar-refractivity contribution is -0.134. The van der Waals surface area contributed by atoms with Crippen molar-refractivity contribution in [1.82, 2.24) is 15.1 Å². The number of piperidine rings is 1. The van der Waals surface area contributed by atoms with Gasteiger partial charge in [0.05, 0.1) is 0 Å². The third-order valence-electron chi connectivity index (χ3n) is 4.07. The standard InChI is InChI=1S/C14H27N3O/c1-12(2)11-14(18)17-9-7-16(8-10-17)13-3-5-15-6-4-13/h12-13,15H,3-11H2,1-2H3.